The molecule has 2 nitrogen and oxygen atoms in total. The molecule has 140 valence electrons. The number of ether oxygens (including phenoxy) is 1. The molecule has 0 N–H and O–H groups in total. The molecule has 2 aliphatic rings. The molecule has 0 amide bonds. The lowest BCUT2D eigenvalue weighted by Gasteiger charge is -2.41. The van der Waals surface area contributed by atoms with Crippen LogP contribution in [-0.2, 0) is 4.74 Å². The van der Waals surface area contributed by atoms with E-state index in [2.05, 4.69) is 51.1 Å². The highest BCUT2D eigenvalue weighted by atomic mass is 35.5. The quantitative estimate of drug-likeness (QED) is 0.547. The van der Waals surface area contributed by atoms with Crippen molar-refractivity contribution in [3.8, 4) is 0 Å². The van der Waals surface area contributed by atoms with E-state index < -0.39 is 16.0 Å². The zero-order chi connectivity index (χ0) is 19.1. The highest BCUT2D eigenvalue weighted by Gasteiger charge is 2.69. The number of fused-ring (bicyclic) bond motifs is 1. The molecule has 27 heavy (non-hydrogen) atoms. The van der Waals surface area contributed by atoms with Gasteiger partial charge in [-0.3, -0.25) is 4.99 Å². The van der Waals surface area contributed by atoms with Crippen LogP contribution < -0.4 is 0 Å². The van der Waals surface area contributed by atoms with Gasteiger partial charge in [0.1, 0.15) is 11.3 Å². The van der Waals surface area contributed by atoms with Gasteiger partial charge in [-0.2, -0.15) is 0 Å². The summed E-state index contributed by atoms with van der Waals surface area (Å²) in [6.07, 6.45) is 5.20. The predicted octanol–water partition coefficient (Wildman–Crippen LogP) is 6.45. The van der Waals surface area contributed by atoms with Crippen molar-refractivity contribution < 1.29 is 4.74 Å². The van der Waals surface area contributed by atoms with Gasteiger partial charge in [-0.05, 0) is 31.9 Å². The van der Waals surface area contributed by atoms with E-state index in [1.54, 1.807) is 0 Å². The summed E-state index contributed by atoms with van der Waals surface area (Å²) in [6, 6.07) is 20.5. The van der Waals surface area contributed by atoms with Crippen LogP contribution >= 0.6 is 11.6 Å². The number of unbranched alkanes of at least 4 members (excludes halogenated alkanes) is 1. The van der Waals surface area contributed by atoms with Crippen molar-refractivity contribution in [2.75, 3.05) is 0 Å². The van der Waals surface area contributed by atoms with E-state index in [-0.39, 0.29) is 0 Å². The predicted molar refractivity (Wildman–Crippen MR) is 113 cm³/mol. The molecule has 0 radical (unpaired) electrons. The standard InChI is InChI=1S/C24H26ClNO/c1-4-5-16-23-17-20(18-12-8-6-9-13-18)27-24(23,25)22(2,3)21(26-23)19-14-10-7-11-15-19/h6-15,17H,4-5,16H2,1-3H3/t23-,24-/m0/s1. The number of nitrogens with zero attached hydrogens (tertiary/aromatic N) is 1. The summed E-state index contributed by atoms with van der Waals surface area (Å²) < 4.78 is 6.54. The van der Waals surface area contributed by atoms with E-state index >= 15 is 0 Å². The van der Waals surface area contributed by atoms with E-state index in [9.17, 15) is 0 Å². The molecule has 0 saturated carbocycles. The molecule has 4 rings (SSSR count). The topological polar surface area (TPSA) is 21.6 Å². The normalized spacial score (nSPS) is 28.3. The Kier molecular flexibility index (Phi) is 4.43. The first-order chi connectivity index (χ1) is 12.9. The van der Waals surface area contributed by atoms with Gasteiger partial charge in [0.05, 0.1) is 11.1 Å². The van der Waals surface area contributed by atoms with Gasteiger partial charge < -0.3 is 4.74 Å². The van der Waals surface area contributed by atoms with Crippen LogP contribution in [0.2, 0.25) is 0 Å². The number of rotatable bonds is 5. The summed E-state index contributed by atoms with van der Waals surface area (Å²) in [4.78, 5) is 5.27. The van der Waals surface area contributed by atoms with Crippen molar-refractivity contribution in [3.05, 3.63) is 77.9 Å². The molecule has 2 aromatic rings. The zero-order valence-corrected chi connectivity index (χ0v) is 17.0. The van der Waals surface area contributed by atoms with Crippen LogP contribution in [0.1, 0.15) is 51.2 Å². The maximum atomic E-state index is 7.35. The molecule has 0 unspecified atom stereocenters. The summed E-state index contributed by atoms with van der Waals surface area (Å²) in [5.74, 6) is 0.839. The smallest absolute Gasteiger partial charge is 0.221 e. The molecule has 0 aliphatic carbocycles. The summed E-state index contributed by atoms with van der Waals surface area (Å²) in [7, 11) is 0. The van der Waals surface area contributed by atoms with Gasteiger partial charge in [-0.1, -0.05) is 92.0 Å². The Morgan fingerprint density at radius 1 is 0.926 bits per heavy atom. The Bertz CT molecular complexity index is 887. The molecule has 0 aromatic heterocycles. The van der Waals surface area contributed by atoms with Crippen molar-refractivity contribution in [1.29, 1.82) is 0 Å². The third-order valence-corrected chi connectivity index (χ3v) is 6.78. The monoisotopic (exact) mass is 379 g/mol. The van der Waals surface area contributed by atoms with Gasteiger partial charge >= 0.3 is 0 Å². The Labute approximate surface area is 166 Å². The second kappa shape index (κ2) is 6.53. The largest absolute Gasteiger partial charge is 0.468 e. The van der Waals surface area contributed by atoms with E-state index in [1.807, 2.05) is 36.4 Å². The Hall–Kier alpha value is -2.06. The molecule has 0 spiro atoms. The van der Waals surface area contributed by atoms with Gasteiger partial charge in [0.15, 0.2) is 0 Å². The first-order valence-corrected chi connectivity index (χ1v) is 10.1. The van der Waals surface area contributed by atoms with Gasteiger partial charge in [-0.15, -0.1) is 0 Å². The highest BCUT2D eigenvalue weighted by Crippen LogP contribution is 2.62. The number of halogens is 1. The number of aliphatic imine (C=N–C) groups is 1. The number of alkyl halides is 1. The van der Waals surface area contributed by atoms with Crippen molar-refractivity contribution in [3.63, 3.8) is 0 Å². The molecule has 2 aliphatic heterocycles. The van der Waals surface area contributed by atoms with Crippen LogP contribution in [0, 0.1) is 5.41 Å². The molecule has 2 aromatic carbocycles. The SMILES string of the molecule is CCCC[C@]12C=C(c3ccccc3)O[C@@]1(Cl)C(C)(C)C(c1ccccc1)=N2. The Morgan fingerprint density at radius 2 is 1.52 bits per heavy atom. The number of hydrogen-bond acceptors (Lipinski definition) is 2. The van der Waals surface area contributed by atoms with Gasteiger partial charge in [0.2, 0.25) is 5.06 Å². The van der Waals surface area contributed by atoms with Crippen LogP contribution in [0.3, 0.4) is 0 Å². The molecule has 2 heterocycles. The van der Waals surface area contributed by atoms with Crippen molar-refractivity contribution >= 4 is 23.1 Å². The van der Waals surface area contributed by atoms with Crippen molar-refractivity contribution in [1.82, 2.24) is 0 Å². The van der Waals surface area contributed by atoms with Crippen LogP contribution in [0.15, 0.2) is 71.7 Å². The summed E-state index contributed by atoms with van der Waals surface area (Å²) >= 11 is 7.35. The van der Waals surface area contributed by atoms with Crippen LogP contribution in [0.5, 0.6) is 0 Å². The van der Waals surface area contributed by atoms with E-state index in [0.29, 0.717) is 0 Å². The maximum Gasteiger partial charge on any atom is 0.221 e. The second-order valence-electron chi connectivity index (χ2n) is 8.05. The number of hydrogen-bond donors (Lipinski definition) is 0. The lowest BCUT2D eigenvalue weighted by atomic mass is 9.73. The Balaban J connectivity index is 1.87. The van der Waals surface area contributed by atoms with E-state index in [4.69, 9.17) is 21.3 Å². The summed E-state index contributed by atoms with van der Waals surface area (Å²) in [5.41, 5.74) is 2.21. The minimum atomic E-state index is -0.925. The lowest BCUT2D eigenvalue weighted by Crippen LogP contribution is -2.52. The molecule has 0 bridgehead atoms. The minimum absolute atomic E-state index is 0.434. The third kappa shape index (κ3) is 2.65. The third-order valence-electron chi connectivity index (χ3n) is 5.90. The van der Waals surface area contributed by atoms with Gasteiger partial charge in [0, 0.05) is 5.56 Å². The fraction of sp³-hybridized carbons (Fsp3) is 0.375. The fourth-order valence-corrected chi connectivity index (χ4v) is 4.71. The Morgan fingerprint density at radius 3 is 2.11 bits per heavy atom. The van der Waals surface area contributed by atoms with E-state index in [0.717, 1.165) is 41.9 Å². The van der Waals surface area contributed by atoms with Gasteiger partial charge in [-0.25, -0.2) is 0 Å². The molecular formula is C24H26ClNO. The van der Waals surface area contributed by atoms with E-state index in [1.165, 1.54) is 0 Å². The van der Waals surface area contributed by atoms with Crippen molar-refractivity contribution in [2.45, 2.75) is 50.6 Å². The first-order valence-electron chi connectivity index (χ1n) is 9.75. The zero-order valence-electron chi connectivity index (χ0n) is 16.2. The van der Waals surface area contributed by atoms with Crippen LogP contribution in [-0.4, -0.2) is 16.3 Å². The first kappa shape index (κ1) is 18.3. The fourth-order valence-electron chi connectivity index (χ4n) is 4.34. The lowest BCUT2D eigenvalue weighted by molar-refractivity contribution is 0.0306. The second-order valence-corrected chi connectivity index (χ2v) is 8.58. The summed E-state index contributed by atoms with van der Waals surface area (Å²) in [6.45, 7) is 6.51. The summed E-state index contributed by atoms with van der Waals surface area (Å²) in [5, 5.41) is -0.925. The minimum Gasteiger partial charge on any atom is -0.468 e. The maximum absolute atomic E-state index is 7.35. The average molecular weight is 380 g/mol. The van der Waals surface area contributed by atoms with Gasteiger partial charge in [0.25, 0.3) is 0 Å². The molecular weight excluding hydrogens is 354 g/mol. The average Bonchev–Trinajstić information content (AvgIpc) is 3.08. The molecule has 3 heteroatoms. The number of benzene rings is 2. The molecule has 2 atom stereocenters. The van der Waals surface area contributed by atoms with Crippen molar-refractivity contribution in [2.24, 2.45) is 10.4 Å². The van der Waals surface area contributed by atoms with Crippen LogP contribution in [0.4, 0.5) is 0 Å². The molecule has 0 fully saturated rings. The van der Waals surface area contributed by atoms with Crippen LogP contribution in [0.25, 0.3) is 5.76 Å². The molecule has 0 saturated heterocycles. The highest BCUT2D eigenvalue weighted by molar-refractivity contribution is 6.30.